The summed E-state index contributed by atoms with van der Waals surface area (Å²) in [5.41, 5.74) is 0. The highest BCUT2D eigenvalue weighted by Gasteiger charge is 2.27. The van der Waals surface area contributed by atoms with Gasteiger partial charge in [0.2, 0.25) is 0 Å². The molecule has 0 heterocycles. The summed E-state index contributed by atoms with van der Waals surface area (Å²) in [5, 5.41) is 0. The number of hydrogen-bond acceptors (Lipinski definition) is 1. The van der Waals surface area contributed by atoms with Crippen LogP contribution in [0.5, 0.6) is 0 Å². The van der Waals surface area contributed by atoms with E-state index in [1.807, 2.05) is 7.11 Å². The monoisotopic (exact) mass is 184 g/mol. The summed E-state index contributed by atoms with van der Waals surface area (Å²) in [6, 6.07) is 0. The summed E-state index contributed by atoms with van der Waals surface area (Å²) in [6.45, 7) is 6.99. The minimum atomic E-state index is 0.531. The molecule has 0 N–H and O–H groups in total. The van der Waals surface area contributed by atoms with Crippen LogP contribution in [0.4, 0.5) is 0 Å². The standard InChI is InChI=1S/C12H24O/c1-9(2)7-11-5-6-12(13-4)10(3)8-11/h9-12H,5-8H2,1-4H3/t10-,11+,12-/m0/s1. The molecule has 1 heteroatoms. The highest BCUT2D eigenvalue weighted by molar-refractivity contribution is 4.78. The Labute approximate surface area is 82.9 Å². The fourth-order valence-electron chi connectivity index (χ4n) is 2.71. The SMILES string of the molecule is CO[C@H]1CC[C@H](CC(C)C)C[C@@H]1C. The van der Waals surface area contributed by atoms with Gasteiger partial charge in [0.15, 0.2) is 0 Å². The Morgan fingerprint density at radius 3 is 2.46 bits per heavy atom. The maximum atomic E-state index is 5.46. The van der Waals surface area contributed by atoms with Crippen molar-refractivity contribution in [1.29, 1.82) is 0 Å². The van der Waals surface area contributed by atoms with E-state index in [4.69, 9.17) is 4.74 Å². The summed E-state index contributed by atoms with van der Waals surface area (Å²) in [7, 11) is 1.85. The molecule has 0 spiro atoms. The third-order valence-corrected chi connectivity index (χ3v) is 3.31. The fourth-order valence-corrected chi connectivity index (χ4v) is 2.71. The molecular formula is C12H24O. The van der Waals surface area contributed by atoms with Gasteiger partial charge in [-0.3, -0.25) is 0 Å². The molecule has 78 valence electrons. The number of ether oxygens (including phenoxy) is 1. The zero-order chi connectivity index (χ0) is 9.84. The van der Waals surface area contributed by atoms with Gasteiger partial charge in [-0.2, -0.15) is 0 Å². The first-order valence-electron chi connectivity index (χ1n) is 5.66. The van der Waals surface area contributed by atoms with E-state index in [1.165, 1.54) is 25.7 Å². The lowest BCUT2D eigenvalue weighted by Gasteiger charge is -2.34. The van der Waals surface area contributed by atoms with Gasteiger partial charge >= 0.3 is 0 Å². The van der Waals surface area contributed by atoms with Crippen LogP contribution in [0.3, 0.4) is 0 Å². The predicted molar refractivity (Wildman–Crippen MR) is 56.8 cm³/mol. The van der Waals surface area contributed by atoms with Crippen LogP contribution in [0.25, 0.3) is 0 Å². The van der Waals surface area contributed by atoms with Crippen molar-refractivity contribution in [2.75, 3.05) is 7.11 Å². The van der Waals surface area contributed by atoms with Crippen molar-refractivity contribution in [2.45, 2.75) is 52.6 Å². The maximum absolute atomic E-state index is 5.46. The zero-order valence-corrected chi connectivity index (χ0v) is 9.55. The first-order chi connectivity index (χ1) is 6.13. The average Bonchev–Trinajstić information content (AvgIpc) is 2.03. The van der Waals surface area contributed by atoms with Crippen LogP contribution >= 0.6 is 0 Å². The normalized spacial score (nSPS) is 35.3. The van der Waals surface area contributed by atoms with E-state index in [0.717, 1.165) is 17.8 Å². The van der Waals surface area contributed by atoms with Gasteiger partial charge < -0.3 is 4.74 Å². The van der Waals surface area contributed by atoms with Crippen LogP contribution in [-0.4, -0.2) is 13.2 Å². The van der Waals surface area contributed by atoms with Gasteiger partial charge in [-0.25, -0.2) is 0 Å². The van der Waals surface area contributed by atoms with E-state index in [1.54, 1.807) is 0 Å². The fraction of sp³-hybridized carbons (Fsp3) is 1.00. The Morgan fingerprint density at radius 2 is 2.00 bits per heavy atom. The zero-order valence-electron chi connectivity index (χ0n) is 9.55. The number of methoxy groups -OCH3 is 1. The largest absolute Gasteiger partial charge is 0.381 e. The van der Waals surface area contributed by atoms with Crippen LogP contribution in [0.1, 0.15) is 46.5 Å². The van der Waals surface area contributed by atoms with E-state index in [-0.39, 0.29) is 0 Å². The summed E-state index contributed by atoms with van der Waals surface area (Å²) >= 11 is 0. The molecule has 0 radical (unpaired) electrons. The van der Waals surface area contributed by atoms with Crippen molar-refractivity contribution in [1.82, 2.24) is 0 Å². The summed E-state index contributed by atoms with van der Waals surface area (Å²) in [6.07, 6.45) is 5.96. The van der Waals surface area contributed by atoms with Crippen LogP contribution in [0.2, 0.25) is 0 Å². The summed E-state index contributed by atoms with van der Waals surface area (Å²) < 4.78 is 5.46. The first-order valence-corrected chi connectivity index (χ1v) is 5.66. The molecule has 0 bridgehead atoms. The van der Waals surface area contributed by atoms with Crippen LogP contribution in [-0.2, 0) is 4.74 Å². The molecule has 0 aliphatic heterocycles. The molecular weight excluding hydrogens is 160 g/mol. The van der Waals surface area contributed by atoms with E-state index < -0.39 is 0 Å². The van der Waals surface area contributed by atoms with Gasteiger partial charge in [-0.1, -0.05) is 20.8 Å². The van der Waals surface area contributed by atoms with Gasteiger partial charge in [0.1, 0.15) is 0 Å². The molecule has 0 saturated heterocycles. The predicted octanol–water partition coefficient (Wildman–Crippen LogP) is 3.48. The van der Waals surface area contributed by atoms with Gasteiger partial charge in [-0.05, 0) is 43.4 Å². The maximum Gasteiger partial charge on any atom is 0.0597 e. The molecule has 1 aliphatic rings. The van der Waals surface area contributed by atoms with Gasteiger partial charge in [0.25, 0.3) is 0 Å². The van der Waals surface area contributed by atoms with E-state index in [0.29, 0.717) is 6.10 Å². The van der Waals surface area contributed by atoms with Crippen molar-refractivity contribution >= 4 is 0 Å². The Kier molecular flexibility index (Phi) is 4.24. The van der Waals surface area contributed by atoms with Crippen molar-refractivity contribution < 1.29 is 4.74 Å². The second kappa shape index (κ2) is 4.99. The molecule has 0 unspecified atom stereocenters. The molecule has 0 amide bonds. The Morgan fingerprint density at radius 1 is 1.31 bits per heavy atom. The van der Waals surface area contributed by atoms with E-state index >= 15 is 0 Å². The number of hydrogen-bond donors (Lipinski definition) is 0. The number of rotatable bonds is 3. The quantitative estimate of drug-likeness (QED) is 0.652. The lowest BCUT2D eigenvalue weighted by Crippen LogP contribution is -2.29. The highest BCUT2D eigenvalue weighted by atomic mass is 16.5. The highest BCUT2D eigenvalue weighted by Crippen LogP contribution is 2.34. The second-order valence-electron chi connectivity index (χ2n) is 5.06. The molecule has 13 heavy (non-hydrogen) atoms. The average molecular weight is 184 g/mol. The summed E-state index contributed by atoms with van der Waals surface area (Å²) in [4.78, 5) is 0. The molecule has 1 saturated carbocycles. The second-order valence-corrected chi connectivity index (χ2v) is 5.06. The molecule has 0 aromatic heterocycles. The lowest BCUT2D eigenvalue weighted by atomic mass is 9.77. The Balaban J connectivity index is 2.32. The Hall–Kier alpha value is -0.0400. The van der Waals surface area contributed by atoms with Crippen LogP contribution in [0.15, 0.2) is 0 Å². The van der Waals surface area contributed by atoms with Crippen molar-refractivity contribution in [3.05, 3.63) is 0 Å². The van der Waals surface area contributed by atoms with E-state index in [9.17, 15) is 0 Å². The van der Waals surface area contributed by atoms with Crippen LogP contribution < -0.4 is 0 Å². The first kappa shape index (κ1) is 11.0. The summed E-state index contributed by atoms with van der Waals surface area (Å²) in [5.74, 6) is 2.58. The lowest BCUT2D eigenvalue weighted by molar-refractivity contribution is 0.0123. The minimum absolute atomic E-state index is 0.531. The molecule has 0 aromatic carbocycles. The molecule has 0 aromatic rings. The minimum Gasteiger partial charge on any atom is -0.381 e. The topological polar surface area (TPSA) is 9.23 Å². The van der Waals surface area contributed by atoms with Crippen molar-refractivity contribution in [3.63, 3.8) is 0 Å². The van der Waals surface area contributed by atoms with Gasteiger partial charge in [-0.15, -0.1) is 0 Å². The Bertz CT molecular complexity index is 142. The molecule has 1 rings (SSSR count). The van der Waals surface area contributed by atoms with Gasteiger partial charge in [0, 0.05) is 7.11 Å². The van der Waals surface area contributed by atoms with E-state index in [2.05, 4.69) is 20.8 Å². The third-order valence-electron chi connectivity index (χ3n) is 3.31. The third kappa shape index (κ3) is 3.30. The molecule has 1 aliphatic carbocycles. The molecule has 3 atom stereocenters. The smallest absolute Gasteiger partial charge is 0.0597 e. The molecule has 1 fully saturated rings. The van der Waals surface area contributed by atoms with Crippen molar-refractivity contribution in [3.8, 4) is 0 Å². The molecule has 1 nitrogen and oxygen atoms in total. The van der Waals surface area contributed by atoms with Gasteiger partial charge in [0.05, 0.1) is 6.10 Å². The van der Waals surface area contributed by atoms with Crippen molar-refractivity contribution in [2.24, 2.45) is 17.8 Å². The van der Waals surface area contributed by atoms with Crippen LogP contribution in [0, 0.1) is 17.8 Å².